The average Bonchev–Trinajstić information content (AvgIpc) is 3.18. The second kappa shape index (κ2) is 20.4. The molecule has 0 spiro atoms. The van der Waals surface area contributed by atoms with E-state index in [1.54, 1.807) is 21.0 Å². The number of allylic oxidation sites excluding steroid dienone is 3. The number of hydrogen-bond donors (Lipinski definition) is 3. The molecule has 0 radical (unpaired) electrons. The standard InChI is InChI=1S/C43H69NO12/c1-10-30-18-24(2)17-25(3)19-36(53-8)39-37(54-9)21-27(5)43(51,56-39)40(48)41(49)44-16-12-11-13-31(44)42(50)55-38(28(6)33(46)23-34(30)47)26(4)20-29-14-15-32(45)35(22-29)52-7/h18,20,25,27-33,35-39,45-46,51H,10-17,19,21-23H2,1-9H3/b24-18+,26-20+/t25-,27+,28+,29-,30-,31-,32+,33+,35+,36-,37-,38+,39-,43+/m0/s1. The van der Waals surface area contributed by atoms with Gasteiger partial charge in [-0.1, -0.05) is 45.4 Å². The zero-order chi connectivity index (χ0) is 41.5. The normalized spacial score (nSPS) is 41.6. The third-order valence-corrected chi connectivity index (χ3v) is 12.9. The molecule has 318 valence electrons. The number of ether oxygens (including phenoxy) is 5. The molecule has 0 aromatic heterocycles. The predicted molar refractivity (Wildman–Crippen MR) is 208 cm³/mol. The van der Waals surface area contributed by atoms with Crippen molar-refractivity contribution in [3.05, 3.63) is 23.3 Å². The third kappa shape index (κ3) is 10.7. The van der Waals surface area contributed by atoms with Crippen molar-refractivity contribution in [3.8, 4) is 0 Å². The van der Waals surface area contributed by atoms with Crippen LogP contribution in [0.15, 0.2) is 23.3 Å². The molecular formula is C43H69NO12. The summed E-state index contributed by atoms with van der Waals surface area (Å²) >= 11 is 0. The van der Waals surface area contributed by atoms with E-state index in [0.29, 0.717) is 56.9 Å². The van der Waals surface area contributed by atoms with Crippen LogP contribution in [-0.2, 0) is 42.9 Å². The Morgan fingerprint density at radius 3 is 2.21 bits per heavy atom. The summed E-state index contributed by atoms with van der Waals surface area (Å²) in [6, 6.07) is -1.13. The van der Waals surface area contributed by atoms with Crippen molar-refractivity contribution < 1.29 is 58.2 Å². The summed E-state index contributed by atoms with van der Waals surface area (Å²) in [5, 5.41) is 34.1. The molecule has 13 nitrogen and oxygen atoms in total. The molecule has 2 bridgehead atoms. The maximum atomic E-state index is 14.3. The Balaban J connectivity index is 1.76. The van der Waals surface area contributed by atoms with Gasteiger partial charge in [0.05, 0.1) is 30.5 Å². The molecule has 1 saturated carbocycles. The van der Waals surface area contributed by atoms with E-state index in [0.717, 1.165) is 5.57 Å². The molecular weight excluding hydrogens is 722 g/mol. The van der Waals surface area contributed by atoms with Gasteiger partial charge in [0.15, 0.2) is 0 Å². The number of aliphatic hydroxyl groups is 3. The minimum Gasteiger partial charge on any atom is -0.456 e. The van der Waals surface area contributed by atoms with Crippen molar-refractivity contribution in [1.29, 1.82) is 0 Å². The third-order valence-electron chi connectivity index (χ3n) is 12.9. The second-order valence-corrected chi connectivity index (χ2v) is 17.2. The number of esters is 1. The van der Waals surface area contributed by atoms with Gasteiger partial charge in [0.25, 0.3) is 11.7 Å². The number of aliphatic hydroxyl groups excluding tert-OH is 2. The lowest BCUT2D eigenvalue weighted by atomic mass is 9.81. The van der Waals surface area contributed by atoms with Gasteiger partial charge < -0.3 is 43.9 Å². The number of fused-ring (bicyclic) bond motifs is 3. The number of carbonyl (C=O) groups excluding carboxylic acids is 4. The first kappa shape index (κ1) is 46.2. The summed E-state index contributed by atoms with van der Waals surface area (Å²) in [7, 11) is 4.63. The zero-order valence-corrected chi connectivity index (χ0v) is 35.1. The number of Topliss-reactive ketones (excluding diaryl/α,β-unsaturated/α-hetero) is 2. The number of nitrogens with zero attached hydrogens (tertiary/aromatic N) is 1. The van der Waals surface area contributed by atoms with Crippen molar-refractivity contribution in [2.24, 2.45) is 29.6 Å². The molecule has 3 N–H and O–H groups in total. The summed E-state index contributed by atoms with van der Waals surface area (Å²) in [5.41, 5.74) is 1.66. The lowest BCUT2D eigenvalue weighted by molar-refractivity contribution is -0.302. The van der Waals surface area contributed by atoms with E-state index in [1.807, 2.05) is 32.9 Å². The quantitative estimate of drug-likeness (QED) is 0.196. The molecule has 0 unspecified atom stereocenters. The van der Waals surface area contributed by atoms with E-state index in [-0.39, 0.29) is 49.5 Å². The Hall–Kier alpha value is -2.52. The van der Waals surface area contributed by atoms with Gasteiger partial charge in [-0.25, -0.2) is 4.79 Å². The largest absolute Gasteiger partial charge is 0.456 e. The van der Waals surface area contributed by atoms with E-state index >= 15 is 0 Å². The summed E-state index contributed by atoms with van der Waals surface area (Å²) in [6.45, 7) is 11.3. The summed E-state index contributed by atoms with van der Waals surface area (Å²) < 4.78 is 29.7. The van der Waals surface area contributed by atoms with Gasteiger partial charge in [0.2, 0.25) is 5.79 Å². The van der Waals surface area contributed by atoms with E-state index in [4.69, 9.17) is 23.7 Å². The fourth-order valence-corrected chi connectivity index (χ4v) is 9.39. The van der Waals surface area contributed by atoms with Crippen LogP contribution in [-0.4, -0.2) is 126 Å². The number of cyclic esters (lactones) is 1. The Kier molecular flexibility index (Phi) is 16.9. The van der Waals surface area contributed by atoms with E-state index < -0.39 is 83.9 Å². The number of methoxy groups -OCH3 is 3. The second-order valence-electron chi connectivity index (χ2n) is 17.2. The number of rotatable bonds is 6. The molecule has 1 aliphatic carbocycles. The van der Waals surface area contributed by atoms with Crippen molar-refractivity contribution in [2.45, 2.75) is 167 Å². The lowest BCUT2D eigenvalue weighted by Crippen LogP contribution is -2.64. The minimum atomic E-state index is -2.50. The van der Waals surface area contributed by atoms with Gasteiger partial charge in [-0.3, -0.25) is 14.4 Å². The fraction of sp³-hybridized carbons (Fsp3) is 0.814. The van der Waals surface area contributed by atoms with Crippen LogP contribution in [0.2, 0.25) is 0 Å². The monoisotopic (exact) mass is 791 g/mol. The van der Waals surface area contributed by atoms with Gasteiger partial charge in [-0.05, 0) is 95.5 Å². The van der Waals surface area contributed by atoms with Crippen LogP contribution in [0.3, 0.4) is 0 Å². The van der Waals surface area contributed by atoms with Crippen LogP contribution in [0.1, 0.15) is 112 Å². The highest BCUT2D eigenvalue weighted by molar-refractivity contribution is 6.39. The van der Waals surface area contributed by atoms with E-state index in [9.17, 15) is 34.5 Å². The maximum Gasteiger partial charge on any atom is 0.329 e. The van der Waals surface area contributed by atoms with Crippen LogP contribution in [0.4, 0.5) is 0 Å². The molecule has 1 amide bonds. The first-order valence-electron chi connectivity index (χ1n) is 20.8. The van der Waals surface area contributed by atoms with Gasteiger partial charge in [-0.15, -0.1) is 0 Å². The molecule has 3 fully saturated rings. The number of ketones is 2. The van der Waals surface area contributed by atoms with Gasteiger partial charge >= 0.3 is 5.97 Å². The van der Waals surface area contributed by atoms with Crippen molar-refractivity contribution in [1.82, 2.24) is 4.90 Å². The van der Waals surface area contributed by atoms with Crippen LogP contribution >= 0.6 is 0 Å². The number of hydrogen-bond acceptors (Lipinski definition) is 12. The number of carbonyl (C=O) groups is 4. The number of amides is 1. The van der Waals surface area contributed by atoms with E-state index in [1.165, 1.54) is 19.1 Å². The highest BCUT2D eigenvalue weighted by Gasteiger charge is 2.56. The Bertz CT molecular complexity index is 1430. The molecule has 4 rings (SSSR count). The van der Waals surface area contributed by atoms with Gasteiger partial charge in [0.1, 0.15) is 24.0 Å². The molecule has 13 heteroatoms. The molecule has 3 heterocycles. The van der Waals surface area contributed by atoms with Crippen LogP contribution in [0, 0.1) is 29.6 Å². The SMILES string of the molecule is CC[C@H]1/C=C(\C)C[C@H](C)C[C@H](OC)[C@@H]2O[C@@](O)(C(=O)C(=O)N3CCCC[C@H]3C(=O)O[C@H](/C(C)=C/[C@@H]3CC[C@@H](O)[C@H](OC)C3)[C@H](C)[C@H](O)CC1=O)[C@H](C)C[C@@H]2OC. The first-order chi connectivity index (χ1) is 26.5. The minimum absolute atomic E-state index is 0.000914. The molecule has 14 atom stereocenters. The molecule has 2 saturated heterocycles. The molecule has 0 aromatic carbocycles. The summed E-state index contributed by atoms with van der Waals surface area (Å²) in [4.78, 5) is 57.6. The smallest absolute Gasteiger partial charge is 0.329 e. The highest BCUT2D eigenvalue weighted by atomic mass is 16.7. The van der Waals surface area contributed by atoms with Crippen LogP contribution in [0.25, 0.3) is 0 Å². The van der Waals surface area contributed by atoms with Gasteiger partial charge in [0, 0.05) is 52.0 Å². The Morgan fingerprint density at radius 2 is 1.57 bits per heavy atom. The first-order valence-corrected chi connectivity index (χ1v) is 20.8. The topological polar surface area (TPSA) is 178 Å². The Labute approximate surface area is 333 Å². The van der Waals surface area contributed by atoms with E-state index in [2.05, 4.69) is 6.92 Å². The summed E-state index contributed by atoms with van der Waals surface area (Å²) in [5.74, 6) is -7.50. The summed E-state index contributed by atoms with van der Waals surface area (Å²) in [6.07, 6.45) is 3.72. The zero-order valence-electron chi connectivity index (χ0n) is 35.1. The average molecular weight is 792 g/mol. The van der Waals surface area contributed by atoms with Crippen molar-refractivity contribution >= 4 is 23.4 Å². The van der Waals surface area contributed by atoms with Crippen LogP contribution < -0.4 is 0 Å². The molecule has 56 heavy (non-hydrogen) atoms. The van der Waals surface area contributed by atoms with Crippen molar-refractivity contribution in [2.75, 3.05) is 27.9 Å². The fourth-order valence-electron chi connectivity index (χ4n) is 9.39. The molecule has 4 aliphatic rings. The lowest BCUT2D eigenvalue weighted by Gasteiger charge is -2.47. The molecule has 0 aromatic rings. The maximum absolute atomic E-state index is 14.3. The van der Waals surface area contributed by atoms with Crippen molar-refractivity contribution in [3.63, 3.8) is 0 Å². The van der Waals surface area contributed by atoms with Gasteiger partial charge in [-0.2, -0.15) is 0 Å². The predicted octanol–water partition coefficient (Wildman–Crippen LogP) is 4.47. The number of piperidine rings is 1. The molecule has 3 aliphatic heterocycles. The Morgan fingerprint density at radius 1 is 0.911 bits per heavy atom. The highest BCUT2D eigenvalue weighted by Crippen LogP contribution is 2.39. The van der Waals surface area contributed by atoms with Crippen LogP contribution in [0.5, 0.6) is 0 Å².